The van der Waals surface area contributed by atoms with E-state index in [4.69, 9.17) is 11.6 Å². The Labute approximate surface area is 154 Å². The molecule has 0 radical (unpaired) electrons. The van der Waals surface area contributed by atoms with E-state index in [2.05, 4.69) is 34.5 Å². The molecule has 1 heterocycles. The first-order chi connectivity index (χ1) is 12.1. The zero-order chi connectivity index (χ0) is 17.6. The third-order valence-corrected chi connectivity index (χ3v) is 5.05. The van der Waals surface area contributed by atoms with Crippen molar-refractivity contribution in [2.24, 2.45) is 0 Å². The highest BCUT2D eigenvalue weighted by molar-refractivity contribution is 6.31. The standard InChI is InChI=1S/C20H24ClN3O/c1-16-7-8-18(15-19(16)21)22-20(25)24-13-11-23(12-14-24)10-9-17-5-3-2-4-6-17/h2-8,15H,9-14H2,1H3,(H,22,25). The maximum absolute atomic E-state index is 12.4. The molecule has 0 atom stereocenters. The minimum atomic E-state index is -0.0531. The fourth-order valence-electron chi connectivity index (χ4n) is 2.98. The van der Waals surface area contributed by atoms with Gasteiger partial charge in [0.25, 0.3) is 0 Å². The van der Waals surface area contributed by atoms with Crippen molar-refractivity contribution < 1.29 is 4.79 Å². The lowest BCUT2D eigenvalue weighted by Crippen LogP contribution is -2.50. The molecule has 5 heteroatoms. The van der Waals surface area contributed by atoms with Crippen molar-refractivity contribution in [1.82, 2.24) is 9.80 Å². The normalized spacial score (nSPS) is 15.2. The first-order valence-electron chi connectivity index (χ1n) is 8.70. The number of carbonyl (C=O) groups excluding carboxylic acids is 1. The maximum Gasteiger partial charge on any atom is 0.321 e. The van der Waals surface area contributed by atoms with Crippen molar-refractivity contribution in [1.29, 1.82) is 0 Å². The Morgan fingerprint density at radius 1 is 1.08 bits per heavy atom. The maximum atomic E-state index is 12.4. The fourth-order valence-corrected chi connectivity index (χ4v) is 3.16. The van der Waals surface area contributed by atoms with Crippen molar-refractivity contribution in [2.75, 3.05) is 38.0 Å². The summed E-state index contributed by atoms with van der Waals surface area (Å²) in [4.78, 5) is 16.7. The molecule has 2 aromatic rings. The topological polar surface area (TPSA) is 35.6 Å². The zero-order valence-corrected chi connectivity index (χ0v) is 15.3. The summed E-state index contributed by atoms with van der Waals surface area (Å²) >= 11 is 6.12. The van der Waals surface area contributed by atoms with Crippen molar-refractivity contribution in [3.63, 3.8) is 0 Å². The lowest BCUT2D eigenvalue weighted by atomic mass is 10.1. The number of urea groups is 1. The van der Waals surface area contributed by atoms with E-state index in [0.717, 1.165) is 50.4 Å². The van der Waals surface area contributed by atoms with Gasteiger partial charge in [-0.25, -0.2) is 4.79 Å². The molecule has 1 N–H and O–H groups in total. The van der Waals surface area contributed by atoms with Crippen LogP contribution < -0.4 is 5.32 Å². The molecule has 2 amide bonds. The van der Waals surface area contributed by atoms with Gasteiger partial charge in [-0.05, 0) is 36.6 Å². The van der Waals surface area contributed by atoms with Crippen LogP contribution in [0.25, 0.3) is 0 Å². The van der Waals surface area contributed by atoms with Gasteiger partial charge in [-0.3, -0.25) is 4.90 Å². The molecule has 3 rings (SSSR count). The summed E-state index contributed by atoms with van der Waals surface area (Å²) in [6.07, 6.45) is 1.05. The van der Waals surface area contributed by atoms with Crippen molar-refractivity contribution in [2.45, 2.75) is 13.3 Å². The summed E-state index contributed by atoms with van der Waals surface area (Å²) < 4.78 is 0. The Hall–Kier alpha value is -2.04. The molecule has 1 saturated heterocycles. The van der Waals surface area contributed by atoms with E-state index in [1.165, 1.54) is 5.56 Å². The highest BCUT2D eigenvalue weighted by Gasteiger charge is 2.21. The Morgan fingerprint density at radius 2 is 1.80 bits per heavy atom. The lowest BCUT2D eigenvalue weighted by molar-refractivity contribution is 0.148. The monoisotopic (exact) mass is 357 g/mol. The molecule has 4 nitrogen and oxygen atoms in total. The number of nitrogens with zero attached hydrogens (tertiary/aromatic N) is 2. The zero-order valence-electron chi connectivity index (χ0n) is 14.5. The number of amides is 2. The Kier molecular flexibility index (Phi) is 5.95. The first kappa shape index (κ1) is 17.8. The molecule has 132 valence electrons. The van der Waals surface area contributed by atoms with Crippen LogP contribution in [0, 0.1) is 6.92 Å². The van der Waals surface area contributed by atoms with E-state index in [9.17, 15) is 4.79 Å². The average molecular weight is 358 g/mol. The molecule has 1 fully saturated rings. The largest absolute Gasteiger partial charge is 0.322 e. The molecular weight excluding hydrogens is 334 g/mol. The number of halogens is 1. The Bertz CT molecular complexity index is 712. The molecule has 0 bridgehead atoms. The van der Waals surface area contributed by atoms with Crippen LogP contribution in [0.5, 0.6) is 0 Å². The second kappa shape index (κ2) is 8.37. The number of benzene rings is 2. The third kappa shape index (κ3) is 4.97. The molecule has 1 aliphatic rings. The average Bonchev–Trinajstić information content (AvgIpc) is 2.64. The number of aryl methyl sites for hydroxylation is 1. The number of hydrogen-bond acceptors (Lipinski definition) is 2. The van der Waals surface area contributed by atoms with Gasteiger partial charge in [-0.2, -0.15) is 0 Å². The van der Waals surface area contributed by atoms with Gasteiger partial charge in [0.15, 0.2) is 0 Å². The molecule has 2 aromatic carbocycles. The third-order valence-electron chi connectivity index (χ3n) is 4.64. The molecule has 0 unspecified atom stereocenters. The van der Waals surface area contributed by atoms with Gasteiger partial charge in [-0.15, -0.1) is 0 Å². The van der Waals surface area contributed by atoms with Gasteiger partial charge in [-0.1, -0.05) is 48.0 Å². The number of anilines is 1. The van der Waals surface area contributed by atoms with Crippen molar-refractivity contribution >= 4 is 23.3 Å². The summed E-state index contributed by atoms with van der Waals surface area (Å²) in [5.41, 5.74) is 3.11. The summed E-state index contributed by atoms with van der Waals surface area (Å²) in [5, 5.41) is 3.61. The molecular formula is C20H24ClN3O. The minimum absolute atomic E-state index is 0.0531. The molecule has 25 heavy (non-hydrogen) atoms. The van der Waals surface area contributed by atoms with Crippen LogP contribution in [0.2, 0.25) is 5.02 Å². The molecule has 0 saturated carbocycles. The predicted molar refractivity (Wildman–Crippen MR) is 103 cm³/mol. The predicted octanol–water partition coefficient (Wildman–Crippen LogP) is 4.04. The van der Waals surface area contributed by atoms with E-state index < -0.39 is 0 Å². The molecule has 0 spiro atoms. The minimum Gasteiger partial charge on any atom is -0.322 e. The van der Waals surface area contributed by atoms with Crippen LogP contribution >= 0.6 is 11.6 Å². The summed E-state index contributed by atoms with van der Waals surface area (Å²) in [6.45, 7) is 6.31. The number of rotatable bonds is 4. The van der Waals surface area contributed by atoms with E-state index in [1.807, 2.05) is 30.0 Å². The van der Waals surface area contributed by atoms with Crippen molar-refractivity contribution in [3.05, 3.63) is 64.7 Å². The summed E-state index contributed by atoms with van der Waals surface area (Å²) in [7, 11) is 0. The lowest BCUT2D eigenvalue weighted by Gasteiger charge is -2.34. The van der Waals surface area contributed by atoms with Crippen molar-refractivity contribution in [3.8, 4) is 0 Å². The SMILES string of the molecule is Cc1ccc(NC(=O)N2CCN(CCc3ccccc3)CC2)cc1Cl. The van der Waals surface area contributed by atoms with Gasteiger partial charge < -0.3 is 10.2 Å². The van der Waals surface area contributed by atoms with Crippen LogP contribution in [0.3, 0.4) is 0 Å². The van der Waals surface area contributed by atoms with Gasteiger partial charge in [0.2, 0.25) is 0 Å². The summed E-state index contributed by atoms with van der Waals surface area (Å²) in [5.74, 6) is 0. The van der Waals surface area contributed by atoms with E-state index in [1.54, 1.807) is 6.07 Å². The number of nitrogens with one attached hydrogen (secondary N) is 1. The Balaban J connectivity index is 1.45. The van der Waals surface area contributed by atoms with Gasteiger partial charge >= 0.3 is 6.03 Å². The fraction of sp³-hybridized carbons (Fsp3) is 0.350. The number of piperazine rings is 1. The first-order valence-corrected chi connectivity index (χ1v) is 9.08. The van der Waals surface area contributed by atoms with Crippen LogP contribution in [0.15, 0.2) is 48.5 Å². The number of hydrogen-bond donors (Lipinski definition) is 1. The van der Waals surface area contributed by atoms with Gasteiger partial charge in [0.1, 0.15) is 0 Å². The van der Waals surface area contributed by atoms with E-state index >= 15 is 0 Å². The highest BCUT2D eigenvalue weighted by atomic mass is 35.5. The van der Waals surface area contributed by atoms with E-state index in [-0.39, 0.29) is 6.03 Å². The second-order valence-electron chi connectivity index (χ2n) is 6.46. The molecule has 0 aliphatic carbocycles. The Morgan fingerprint density at radius 3 is 2.48 bits per heavy atom. The highest BCUT2D eigenvalue weighted by Crippen LogP contribution is 2.20. The van der Waals surface area contributed by atoms with Gasteiger partial charge in [0, 0.05) is 43.4 Å². The van der Waals surface area contributed by atoms with Crippen LogP contribution in [-0.2, 0) is 6.42 Å². The van der Waals surface area contributed by atoms with Crippen LogP contribution in [0.4, 0.5) is 10.5 Å². The molecule has 1 aliphatic heterocycles. The smallest absolute Gasteiger partial charge is 0.321 e. The summed E-state index contributed by atoms with van der Waals surface area (Å²) in [6, 6.07) is 16.1. The second-order valence-corrected chi connectivity index (χ2v) is 6.87. The quantitative estimate of drug-likeness (QED) is 0.896. The molecule has 0 aromatic heterocycles. The van der Waals surface area contributed by atoms with E-state index in [0.29, 0.717) is 5.02 Å². The van der Waals surface area contributed by atoms with Gasteiger partial charge in [0.05, 0.1) is 0 Å². The van der Waals surface area contributed by atoms with Crippen LogP contribution in [-0.4, -0.2) is 48.6 Å². The number of carbonyl (C=O) groups is 1. The van der Waals surface area contributed by atoms with Crippen LogP contribution in [0.1, 0.15) is 11.1 Å².